The molecule has 2 aromatic rings. The zero-order chi connectivity index (χ0) is 14.8. The third-order valence-corrected chi connectivity index (χ3v) is 6.04. The zero-order valence-corrected chi connectivity index (χ0v) is 14.1. The van der Waals surface area contributed by atoms with E-state index < -0.39 is 0 Å². The lowest BCUT2D eigenvalue weighted by Crippen LogP contribution is -2.26. The summed E-state index contributed by atoms with van der Waals surface area (Å²) in [7, 11) is 0. The summed E-state index contributed by atoms with van der Waals surface area (Å²) in [5.74, 6) is 9.74. The maximum Gasteiger partial charge on any atom is 0.152 e. The number of rotatable bonds is 3. The van der Waals surface area contributed by atoms with E-state index in [9.17, 15) is 0 Å². The van der Waals surface area contributed by atoms with Crippen LogP contribution in [0.25, 0.3) is 10.2 Å². The van der Waals surface area contributed by atoms with E-state index in [1.165, 1.54) is 28.4 Å². The first-order chi connectivity index (χ1) is 10.2. The van der Waals surface area contributed by atoms with Crippen molar-refractivity contribution in [2.24, 2.45) is 5.84 Å². The molecular weight excluding hydrogens is 302 g/mol. The van der Waals surface area contributed by atoms with Crippen LogP contribution in [0.5, 0.6) is 0 Å². The molecule has 1 aliphatic rings. The van der Waals surface area contributed by atoms with E-state index in [4.69, 9.17) is 10.8 Å². The van der Waals surface area contributed by atoms with E-state index in [2.05, 4.69) is 29.2 Å². The number of aryl methyl sites for hydroxylation is 2. The normalized spacial score (nSPS) is 17.1. The molecular formula is C14H21N5S2. The number of aromatic nitrogens is 2. The molecule has 0 unspecified atom stereocenters. The maximum atomic E-state index is 5.67. The Morgan fingerprint density at radius 2 is 2.10 bits per heavy atom. The number of thiophene rings is 1. The minimum Gasteiger partial charge on any atom is -0.308 e. The molecule has 0 amide bonds. The summed E-state index contributed by atoms with van der Waals surface area (Å²) in [5.41, 5.74) is 3.97. The van der Waals surface area contributed by atoms with Crippen molar-refractivity contribution in [2.45, 2.75) is 26.8 Å². The molecule has 3 heterocycles. The van der Waals surface area contributed by atoms with Gasteiger partial charge in [0.1, 0.15) is 10.7 Å². The topological polar surface area (TPSA) is 67.1 Å². The van der Waals surface area contributed by atoms with Gasteiger partial charge in [-0.25, -0.2) is 15.8 Å². The Morgan fingerprint density at radius 1 is 1.24 bits per heavy atom. The van der Waals surface area contributed by atoms with Gasteiger partial charge in [0, 0.05) is 17.2 Å². The quantitative estimate of drug-likeness (QED) is 0.668. The smallest absolute Gasteiger partial charge is 0.152 e. The molecule has 0 aromatic carbocycles. The summed E-state index contributed by atoms with van der Waals surface area (Å²) in [6.45, 7) is 7.27. The van der Waals surface area contributed by atoms with Gasteiger partial charge < -0.3 is 5.43 Å². The predicted octanol–water partition coefficient (Wildman–Crippen LogP) is 2.53. The van der Waals surface area contributed by atoms with Crippen LogP contribution in [0.2, 0.25) is 0 Å². The highest BCUT2D eigenvalue weighted by Crippen LogP contribution is 2.33. The number of nitrogens with one attached hydrogen (secondary N) is 1. The number of hydrogen-bond acceptors (Lipinski definition) is 7. The third-order valence-electron chi connectivity index (χ3n) is 3.89. The summed E-state index contributed by atoms with van der Waals surface area (Å²) < 4.78 is 0. The fourth-order valence-corrected chi connectivity index (χ4v) is 4.60. The lowest BCUT2D eigenvalue weighted by Gasteiger charge is -2.18. The van der Waals surface area contributed by atoms with E-state index >= 15 is 0 Å². The number of thioether (sulfide) groups is 1. The average molecular weight is 323 g/mol. The van der Waals surface area contributed by atoms with Gasteiger partial charge in [-0.3, -0.25) is 4.90 Å². The summed E-state index contributed by atoms with van der Waals surface area (Å²) in [4.78, 5) is 14.1. The summed E-state index contributed by atoms with van der Waals surface area (Å²) in [5, 5.41) is 1.06. The second kappa shape index (κ2) is 6.48. The first-order valence-corrected chi connectivity index (χ1v) is 9.19. The van der Waals surface area contributed by atoms with Crippen LogP contribution < -0.4 is 11.3 Å². The Morgan fingerprint density at radius 3 is 2.90 bits per heavy atom. The molecule has 7 heteroatoms. The Hall–Kier alpha value is -0.890. The van der Waals surface area contributed by atoms with E-state index in [-0.39, 0.29) is 0 Å². The standard InChI is InChI=1S/C14H21N5S2/c1-9-10(2)21-14-12(9)13(18-15)16-11(17-14)8-19-4-3-6-20-7-5-19/h3-8,15H2,1-2H3,(H,16,17,18). The average Bonchev–Trinajstić information content (AvgIpc) is 2.68. The number of hydrogen-bond donors (Lipinski definition) is 2. The van der Waals surface area contributed by atoms with Crippen LogP contribution >= 0.6 is 23.1 Å². The van der Waals surface area contributed by atoms with Crippen LogP contribution in [0.4, 0.5) is 5.82 Å². The van der Waals surface area contributed by atoms with Crippen LogP contribution in [0.15, 0.2) is 0 Å². The van der Waals surface area contributed by atoms with Crippen molar-refractivity contribution < 1.29 is 0 Å². The van der Waals surface area contributed by atoms with Crippen molar-refractivity contribution in [1.29, 1.82) is 0 Å². The number of fused-ring (bicyclic) bond motifs is 1. The first kappa shape index (κ1) is 15.0. The Balaban J connectivity index is 1.92. The van der Waals surface area contributed by atoms with Crippen molar-refractivity contribution in [3.63, 3.8) is 0 Å². The first-order valence-electron chi connectivity index (χ1n) is 7.22. The van der Waals surface area contributed by atoms with Gasteiger partial charge in [0.05, 0.1) is 11.9 Å². The van der Waals surface area contributed by atoms with Crippen LogP contribution in [-0.4, -0.2) is 39.5 Å². The minimum atomic E-state index is 0.751. The molecule has 2 aromatic heterocycles. The molecule has 0 bridgehead atoms. The number of nitrogens with zero attached hydrogens (tertiary/aromatic N) is 3. The second-order valence-corrected chi connectivity index (χ2v) is 7.77. The molecule has 0 spiro atoms. The lowest BCUT2D eigenvalue weighted by molar-refractivity contribution is 0.281. The molecule has 0 saturated carbocycles. The molecule has 0 radical (unpaired) electrons. The Bertz CT molecular complexity index is 632. The van der Waals surface area contributed by atoms with Crippen molar-refractivity contribution in [2.75, 3.05) is 30.0 Å². The fourth-order valence-electron chi connectivity index (χ4n) is 2.62. The highest BCUT2D eigenvalue weighted by Gasteiger charge is 2.16. The number of nitrogen functional groups attached to an aromatic ring is 1. The Labute approximate surface area is 133 Å². The number of anilines is 1. The molecule has 0 aliphatic carbocycles. The molecule has 1 aliphatic heterocycles. The van der Waals surface area contributed by atoms with Crippen molar-refractivity contribution in [3.05, 3.63) is 16.3 Å². The highest BCUT2D eigenvalue weighted by atomic mass is 32.2. The van der Waals surface area contributed by atoms with Gasteiger partial charge in [-0.15, -0.1) is 11.3 Å². The number of nitrogens with two attached hydrogens (primary N) is 1. The van der Waals surface area contributed by atoms with Gasteiger partial charge in [-0.2, -0.15) is 11.8 Å². The molecule has 21 heavy (non-hydrogen) atoms. The van der Waals surface area contributed by atoms with Crippen LogP contribution in [0, 0.1) is 13.8 Å². The maximum absolute atomic E-state index is 5.67. The Kier molecular flexibility index (Phi) is 4.63. The molecule has 1 fully saturated rings. The predicted molar refractivity (Wildman–Crippen MR) is 91.9 cm³/mol. The van der Waals surface area contributed by atoms with E-state index in [1.807, 2.05) is 11.8 Å². The molecule has 0 atom stereocenters. The van der Waals surface area contributed by atoms with Crippen molar-refractivity contribution >= 4 is 39.1 Å². The SMILES string of the molecule is Cc1sc2nc(CN3CCCSCC3)nc(NN)c2c1C. The molecule has 1 saturated heterocycles. The van der Waals surface area contributed by atoms with E-state index in [0.717, 1.165) is 41.5 Å². The van der Waals surface area contributed by atoms with Crippen LogP contribution in [0.1, 0.15) is 22.7 Å². The largest absolute Gasteiger partial charge is 0.308 e. The van der Waals surface area contributed by atoms with Gasteiger partial charge in [-0.1, -0.05) is 0 Å². The zero-order valence-electron chi connectivity index (χ0n) is 12.5. The van der Waals surface area contributed by atoms with Gasteiger partial charge in [0.25, 0.3) is 0 Å². The monoisotopic (exact) mass is 323 g/mol. The third kappa shape index (κ3) is 3.15. The van der Waals surface area contributed by atoms with Crippen LogP contribution in [-0.2, 0) is 6.54 Å². The fraction of sp³-hybridized carbons (Fsp3) is 0.571. The minimum absolute atomic E-state index is 0.751. The molecule has 3 rings (SSSR count). The van der Waals surface area contributed by atoms with Gasteiger partial charge >= 0.3 is 0 Å². The van der Waals surface area contributed by atoms with E-state index in [0.29, 0.717) is 0 Å². The lowest BCUT2D eigenvalue weighted by atomic mass is 10.2. The van der Waals surface area contributed by atoms with Crippen molar-refractivity contribution in [1.82, 2.24) is 14.9 Å². The van der Waals surface area contributed by atoms with E-state index in [1.54, 1.807) is 11.3 Å². The summed E-state index contributed by atoms with van der Waals surface area (Å²) >= 11 is 3.75. The second-order valence-electron chi connectivity index (χ2n) is 5.34. The highest BCUT2D eigenvalue weighted by molar-refractivity contribution is 7.99. The van der Waals surface area contributed by atoms with Gasteiger partial charge in [0.2, 0.25) is 0 Å². The molecule has 3 N–H and O–H groups in total. The summed E-state index contributed by atoms with van der Waals surface area (Å²) in [6, 6.07) is 0. The molecule has 5 nitrogen and oxygen atoms in total. The molecule has 114 valence electrons. The van der Waals surface area contributed by atoms with Crippen LogP contribution in [0.3, 0.4) is 0 Å². The van der Waals surface area contributed by atoms with Gasteiger partial charge in [-0.05, 0) is 38.1 Å². The van der Waals surface area contributed by atoms with Gasteiger partial charge in [0.15, 0.2) is 5.82 Å². The summed E-state index contributed by atoms with van der Waals surface area (Å²) in [6.07, 6.45) is 1.24. The number of hydrazine groups is 1. The van der Waals surface area contributed by atoms with Crippen molar-refractivity contribution in [3.8, 4) is 0 Å².